The molecule has 0 aliphatic rings. The SMILES string of the molecule is NC(=NNC=O)c1c(F)cccc1F. The van der Waals surface area contributed by atoms with Crippen LogP contribution >= 0.6 is 0 Å². The van der Waals surface area contributed by atoms with Crippen molar-refractivity contribution in [3.8, 4) is 0 Å². The van der Waals surface area contributed by atoms with Gasteiger partial charge in [-0.2, -0.15) is 5.10 Å². The van der Waals surface area contributed by atoms with Crippen LogP contribution in [0.2, 0.25) is 0 Å². The summed E-state index contributed by atoms with van der Waals surface area (Å²) in [5.41, 5.74) is 6.62. The first-order valence-electron chi connectivity index (χ1n) is 3.63. The van der Waals surface area contributed by atoms with Crippen LogP contribution in [0, 0.1) is 11.6 Å². The molecule has 0 bridgehead atoms. The van der Waals surface area contributed by atoms with E-state index in [4.69, 9.17) is 5.73 Å². The van der Waals surface area contributed by atoms with Gasteiger partial charge in [0, 0.05) is 0 Å². The highest BCUT2D eigenvalue weighted by atomic mass is 19.1. The number of amidine groups is 1. The zero-order chi connectivity index (χ0) is 10.6. The van der Waals surface area contributed by atoms with E-state index in [9.17, 15) is 13.6 Å². The molecule has 1 aromatic rings. The number of hydrazone groups is 1. The molecule has 0 saturated carbocycles. The number of hydrogen-bond donors (Lipinski definition) is 2. The molecule has 0 fully saturated rings. The summed E-state index contributed by atoms with van der Waals surface area (Å²) in [4.78, 5) is 9.85. The number of hydrogen-bond acceptors (Lipinski definition) is 2. The quantitative estimate of drug-likeness (QED) is 0.319. The Bertz CT molecular complexity index is 359. The molecule has 0 aliphatic carbocycles. The molecule has 3 N–H and O–H groups in total. The topological polar surface area (TPSA) is 67.5 Å². The Balaban J connectivity index is 3.11. The second kappa shape index (κ2) is 4.31. The minimum Gasteiger partial charge on any atom is -0.382 e. The fourth-order valence-corrected chi connectivity index (χ4v) is 0.894. The number of nitrogens with two attached hydrogens (primary N) is 1. The highest BCUT2D eigenvalue weighted by molar-refractivity contribution is 5.98. The van der Waals surface area contributed by atoms with Crippen LogP contribution in [0.1, 0.15) is 5.56 Å². The van der Waals surface area contributed by atoms with Crippen molar-refractivity contribution in [2.45, 2.75) is 0 Å². The highest BCUT2D eigenvalue weighted by Gasteiger charge is 2.11. The molecule has 0 atom stereocenters. The van der Waals surface area contributed by atoms with Crippen molar-refractivity contribution in [3.63, 3.8) is 0 Å². The second-order valence-corrected chi connectivity index (χ2v) is 2.34. The van der Waals surface area contributed by atoms with Gasteiger partial charge in [-0.15, -0.1) is 0 Å². The number of nitrogens with zero attached hydrogens (tertiary/aromatic N) is 1. The van der Waals surface area contributed by atoms with Crippen molar-refractivity contribution < 1.29 is 13.6 Å². The fraction of sp³-hybridized carbons (Fsp3) is 0. The first kappa shape index (κ1) is 10.1. The molecule has 0 spiro atoms. The molecule has 1 aromatic carbocycles. The van der Waals surface area contributed by atoms with Gasteiger partial charge in [0.05, 0.1) is 5.56 Å². The Morgan fingerprint density at radius 3 is 2.50 bits per heavy atom. The van der Waals surface area contributed by atoms with Crippen LogP contribution < -0.4 is 11.2 Å². The summed E-state index contributed by atoms with van der Waals surface area (Å²) >= 11 is 0. The maximum Gasteiger partial charge on any atom is 0.227 e. The predicted octanol–water partition coefficient (Wildman–Crippen LogP) is 0.331. The molecule has 14 heavy (non-hydrogen) atoms. The summed E-state index contributed by atoms with van der Waals surface area (Å²) < 4.78 is 26.0. The summed E-state index contributed by atoms with van der Waals surface area (Å²) in [5, 5.41) is 3.23. The van der Waals surface area contributed by atoms with Gasteiger partial charge >= 0.3 is 0 Å². The Morgan fingerprint density at radius 1 is 1.43 bits per heavy atom. The number of rotatable bonds is 3. The van der Waals surface area contributed by atoms with Crippen molar-refractivity contribution in [1.82, 2.24) is 5.43 Å². The number of nitrogens with one attached hydrogen (secondary N) is 1. The molecule has 0 saturated heterocycles. The second-order valence-electron chi connectivity index (χ2n) is 2.34. The van der Waals surface area contributed by atoms with Gasteiger partial charge in [0.25, 0.3) is 0 Å². The van der Waals surface area contributed by atoms with E-state index in [0.717, 1.165) is 12.1 Å². The predicted molar refractivity (Wildman–Crippen MR) is 46.3 cm³/mol. The van der Waals surface area contributed by atoms with Gasteiger partial charge in [-0.1, -0.05) is 6.07 Å². The van der Waals surface area contributed by atoms with Gasteiger partial charge in [0.2, 0.25) is 6.41 Å². The third-order valence-electron chi connectivity index (χ3n) is 1.46. The maximum atomic E-state index is 13.0. The van der Waals surface area contributed by atoms with Crippen molar-refractivity contribution in [3.05, 3.63) is 35.4 Å². The monoisotopic (exact) mass is 199 g/mol. The van der Waals surface area contributed by atoms with Crippen molar-refractivity contribution >= 4 is 12.2 Å². The molecule has 0 radical (unpaired) electrons. The number of carbonyl (C=O) groups is 1. The molecular formula is C8H7F2N3O. The van der Waals surface area contributed by atoms with E-state index in [-0.39, 0.29) is 6.41 Å². The van der Waals surface area contributed by atoms with Crippen LogP contribution in [0.25, 0.3) is 0 Å². The average Bonchev–Trinajstić information content (AvgIpc) is 2.14. The van der Waals surface area contributed by atoms with Gasteiger partial charge in [0.1, 0.15) is 11.6 Å². The molecule has 0 aliphatic heterocycles. The molecule has 0 aromatic heterocycles. The van der Waals surface area contributed by atoms with E-state index < -0.39 is 23.0 Å². The van der Waals surface area contributed by atoms with Gasteiger partial charge in [-0.3, -0.25) is 4.79 Å². The van der Waals surface area contributed by atoms with Crippen molar-refractivity contribution in [2.75, 3.05) is 0 Å². The summed E-state index contributed by atoms with van der Waals surface area (Å²) in [7, 11) is 0. The largest absolute Gasteiger partial charge is 0.382 e. The minimum absolute atomic E-state index is 0.242. The molecular weight excluding hydrogens is 192 g/mol. The lowest BCUT2D eigenvalue weighted by Gasteiger charge is -2.02. The Morgan fingerprint density at radius 2 is 2.00 bits per heavy atom. The smallest absolute Gasteiger partial charge is 0.227 e. The fourth-order valence-electron chi connectivity index (χ4n) is 0.894. The summed E-state index contributed by atoms with van der Waals surface area (Å²) in [6.07, 6.45) is 0.242. The van der Waals surface area contributed by atoms with E-state index in [1.807, 2.05) is 5.43 Å². The van der Waals surface area contributed by atoms with Crippen molar-refractivity contribution in [2.24, 2.45) is 10.8 Å². The zero-order valence-corrected chi connectivity index (χ0v) is 7.00. The lowest BCUT2D eigenvalue weighted by atomic mass is 10.2. The van der Waals surface area contributed by atoms with E-state index >= 15 is 0 Å². The lowest BCUT2D eigenvalue weighted by molar-refractivity contribution is -0.109. The number of benzene rings is 1. The Labute approximate surface area is 78.4 Å². The van der Waals surface area contributed by atoms with Crippen molar-refractivity contribution in [1.29, 1.82) is 0 Å². The standard InChI is InChI=1S/C8H7F2N3O/c9-5-2-1-3-6(10)7(5)8(11)13-12-4-14/h1-4H,(H2,11,13)(H,12,14). The van der Waals surface area contributed by atoms with Gasteiger partial charge in [0.15, 0.2) is 5.84 Å². The lowest BCUT2D eigenvalue weighted by Crippen LogP contribution is -2.21. The Kier molecular flexibility index (Phi) is 3.11. The third-order valence-corrected chi connectivity index (χ3v) is 1.46. The molecule has 1 amide bonds. The minimum atomic E-state index is -0.834. The summed E-state index contributed by atoms with van der Waals surface area (Å²) in [6.45, 7) is 0. The third kappa shape index (κ3) is 2.03. The Hall–Kier alpha value is -1.98. The molecule has 4 nitrogen and oxygen atoms in total. The molecule has 74 valence electrons. The molecule has 1 rings (SSSR count). The van der Waals surface area contributed by atoms with E-state index in [2.05, 4.69) is 5.10 Å². The van der Waals surface area contributed by atoms with Gasteiger partial charge < -0.3 is 5.73 Å². The number of amides is 1. The number of halogens is 2. The van der Waals surface area contributed by atoms with E-state index in [1.54, 1.807) is 0 Å². The van der Waals surface area contributed by atoms with Crippen LogP contribution in [0.3, 0.4) is 0 Å². The van der Waals surface area contributed by atoms with Crippen LogP contribution in [-0.4, -0.2) is 12.2 Å². The number of carbonyl (C=O) groups excluding carboxylic acids is 1. The highest BCUT2D eigenvalue weighted by Crippen LogP contribution is 2.10. The summed E-state index contributed by atoms with van der Waals surface area (Å²) in [5.74, 6) is -2.09. The average molecular weight is 199 g/mol. The first-order valence-corrected chi connectivity index (χ1v) is 3.63. The molecule has 0 heterocycles. The van der Waals surface area contributed by atoms with Crippen LogP contribution in [0.4, 0.5) is 8.78 Å². The summed E-state index contributed by atoms with van der Waals surface area (Å²) in [6, 6.07) is 3.29. The van der Waals surface area contributed by atoms with Crippen LogP contribution in [-0.2, 0) is 4.79 Å². The van der Waals surface area contributed by atoms with E-state index in [0.29, 0.717) is 0 Å². The van der Waals surface area contributed by atoms with Gasteiger partial charge in [-0.25, -0.2) is 14.2 Å². The van der Waals surface area contributed by atoms with Crippen LogP contribution in [0.15, 0.2) is 23.3 Å². The zero-order valence-electron chi connectivity index (χ0n) is 7.00. The van der Waals surface area contributed by atoms with Crippen LogP contribution in [0.5, 0.6) is 0 Å². The van der Waals surface area contributed by atoms with Gasteiger partial charge in [-0.05, 0) is 12.1 Å². The van der Waals surface area contributed by atoms with E-state index in [1.165, 1.54) is 6.07 Å². The molecule has 6 heteroatoms. The first-order chi connectivity index (χ1) is 6.66. The molecule has 0 unspecified atom stereocenters. The normalized spacial score (nSPS) is 11.1. The maximum absolute atomic E-state index is 13.0.